The molecule has 3 heteroatoms. The molecule has 0 aliphatic heterocycles. The highest BCUT2D eigenvalue weighted by Gasteiger charge is 2.07. The fourth-order valence-corrected chi connectivity index (χ4v) is 2.92. The van der Waals surface area contributed by atoms with Gasteiger partial charge in [-0.1, -0.05) is 91.9 Å². The number of carbonyl (C=O) groups excluding carboxylic acids is 1. The molecule has 2 atom stereocenters. The van der Waals surface area contributed by atoms with Crippen LogP contribution in [0, 0.1) is 5.92 Å². The third-order valence-corrected chi connectivity index (χ3v) is 5.08. The number of esters is 1. The summed E-state index contributed by atoms with van der Waals surface area (Å²) in [5.41, 5.74) is 0. The molecule has 27 heavy (non-hydrogen) atoms. The highest BCUT2D eigenvalue weighted by atomic mass is 16.5. The normalized spacial score (nSPS) is 12.8. The van der Waals surface area contributed by atoms with Crippen LogP contribution >= 0.6 is 0 Å². The van der Waals surface area contributed by atoms with Gasteiger partial charge < -0.3 is 9.84 Å². The lowest BCUT2D eigenvalue weighted by molar-refractivity contribution is -0.148. The van der Waals surface area contributed by atoms with Gasteiger partial charge in [0, 0.05) is 13.0 Å². The van der Waals surface area contributed by atoms with Gasteiger partial charge in [0.15, 0.2) is 0 Å². The van der Waals surface area contributed by atoms with Crippen LogP contribution in [0.15, 0.2) is 0 Å². The van der Waals surface area contributed by atoms with Gasteiger partial charge in [0.2, 0.25) is 0 Å². The van der Waals surface area contributed by atoms with Gasteiger partial charge in [0.05, 0.1) is 6.10 Å². The van der Waals surface area contributed by atoms with E-state index in [1.54, 1.807) is 0 Å². The SMILES string of the molecule is CCCCCCC(CO)CCCC.CCCCCCCC(=O)OC(C)CC. The molecular weight excluding hydrogens is 336 g/mol. The molecule has 0 aromatic rings. The molecule has 3 nitrogen and oxygen atoms in total. The molecule has 0 spiro atoms. The number of unbranched alkanes of at least 4 members (excludes halogenated alkanes) is 8. The third kappa shape index (κ3) is 23.4. The molecule has 0 bridgehead atoms. The minimum atomic E-state index is -0.0316. The number of aliphatic hydroxyl groups is 1. The first-order chi connectivity index (χ1) is 13.0. The van der Waals surface area contributed by atoms with Gasteiger partial charge in [-0.3, -0.25) is 4.79 Å². The lowest BCUT2D eigenvalue weighted by atomic mass is 9.96. The third-order valence-electron chi connectivity index (χ3n) is 5.08. The maximum atomic E-state index is 11.2. The van der Waals surface area contributed by atoms with Crippen molar-refractivity contribution in [1.29, 1.82) is 0 Å². The van der Waals surface area contributed by atoms with Crippen molar-refractivity contribution in [1.82, 2.24) is 0 Å². The van der Waals surface area contributed by atoms with Crippen molar-refractivity contribution in [3.05, 3.63) is 0 Å². The van der Waals surface area contributed by atoms with Crippen LogP contribution in [0.4, 0.5) is 0 Å². The summed E-state index contributed by atoms with van der Waals surface area (Å²) in [6.07, 6.45) is 17.8. The number of hydrogen-bond acceptors (Lipinski definition) is 3. The average Bonchev–Trinajstić information content (AvgIpc) is 2.67. The zero-order valence-electron chi connectivity index (χ0n) is 19.2. The molecule has 0 saturated carbocycles. The van der Waals surface area contributed by atoms with Crippen molar-refractivity contribution < 1.29 is 14.6 Å². The molecule has 0 rings (SSSR count). The van der Waals surface area contributed by atoms with Crippen LogP contribution in [0.3, 0.4) is 0 Å². The minimum Gasteiger partial charge on any atom is -0.463 e. The van der Waals surface area contributed by atoms with E-state index in [1.165, 1.54) is 70.6 Å². The molecular formula is C24H50O3. The van der Waals surface area contributed by atoms with Crippen LogP contribution in [-0.2, 0) is 9.53 Å². The summed E-state index contributed by atoms with van der Waals surface area (Å²) in [6, 6.07) is 0. The Morgan fingerprint density at radius 1 is 0.778 bits per heavy atom. The van der Waals surface area contributed by atoms with Crippen molar-refractivity contribution >= 4 is 5.97 Å². The summed E-state index contributed by atoms with van der Waals surface area (Å²) < 4.78 is 5.17. The summed E-state index contributed by atoms with van der Waals surface area (Å²) in [5, 5.41) is 9.11. The zero-order chi connectivity index (χ0) is 20.8. The molecule has 2 unspecified atom stereocenters. The van der Waals surface area contributed by atoms with E-state index in [9.17, 15) is 4.79 Å². The Labute approximate surface area is 170 Å². The number of carbonyl (C=O) groups is 1. The zero-order valence-corrected chi connectivity index (χ0v) is 19.2. The average molecular weight is 387 g/mol. The Morgan fingerprint density at radius 2 is 1.30 bits per heavy atom. The fourth-order valence-electron chi connectivity index (χ4n) is 2.92. The fraction of sp³-hybridized carbons (Fsp3) is 0.958. The van der Waals surface area contributed by atoms with Crippen LogP contribution in [0.25, 0.3) is 0 Å². The summed E-state index contributed by atoms with van der Waals surface area (Å²) >= 11 is 0. The Kier molecular flexibility index (Phi) is 24.9. The van der Waals surface area contributed by atoms with Crippen molar-refractivity contribution in [2.75, 3.05) is 6.61 Å². The first kappa shape index (κ1) is 28.6. The molecule has 0 aromatic heterocycles. The van der Waals surface area contributed by atoms with Gasteiger partial charge in [-0.2, -0.15) is 0 Å². The molecule has 0 saturated heterocycles. The second kappa shape index (κ2) is 23.5. The first-order valence-corrected chi connectivity index (χ1v) is 11.9. The number of aliphatic hydroxyl groups excluding tert-OH is 1. The maximum Gasteiger partial charge on any atom is 0.306 e. The van der Waals surface area contributed by atoms with Gasteiger partial charge in [0.1, 0.15) is 0 Å². The van der Waals surface area contributed by atoms with E-state index >= 15 is 0 Å². The molecule has 0 aliphatic carbocycles. The topological polar surface area (TPSA) is 46.5 Å². The predicted molar refractivity (Wildman–Crippen MR) is 118 cm³/mol. The smallest absolute Gasteiger partial charge is 0.306 e. The Hall–Kier alpha value is -0.570. The Morgan fingerprint density at radius 3 is 1.81 bits per heavy atom. The molecule has 1 N–H and O–H groups in total. The minimum absolute atomic E-state index is 0.0316. The molecule has 0 radical (unpaired) electrons. The maximum absolute atomic E-state index is 11.2. The molecule has 0 aromatic carbocycles. The first-order valence-electron chi connectivity index (χ1n) is 11.9. The van der Waals surface area contributed by atoms with E-state index in [4.69, 9.17) is 9.84 Å². The second-order valence-corrected chi connectivity index (χ2v) is 7.91. The van der Waals surface area contributed by atoms with Crippen molar-refractivity contribution in [2.24, 2.45) is 5.92 Å². The summed E-state index contributed by atoms with van der Waals surface area (Å²) in [6.45, 7) is 11.0. The molecule has 0 fully saturated rings. The molecule has 0 amide bonds. The van der Waals surface area contributed by atoms with Crippen molar-refractivity contribution in [3.8, 4) is 0 Å². The quantitative estimate of drug-likeness (QED) is 0.209. The predicted octanol–water partition coefficient (Wildman–Crippen LogP) is 7.44. The molecule has 0 heterocycles. The summed E-state index contributed by atoms with van der Waals surface area (Å²) in [7, 11) is 0. The van der Waals surface area contributed by atoms with Gasteiger partial charge in [0.25, 0.3) is 0 Å². The van der Waals surface area contributed by atoms with Crippen LogP contribution in [-0.4, -0.2) is 23.8 Å². The summed E-state index contributed by atoms with van der Waals surface area (Å²) in [5.74, 6) is 0.549. The van der Waals surface area contributed by atoms with Gasteiger partial charge in [-0.05, 0) is 38.5 Å². The van der Waals surface area contributed by atoms with E-state index in [2.05, 4.69) is 20.8 Å². The van der Waals surface area contributed by atoms with E-state index in [1.807, 2.05) is 13.8 Å². The van der Waals surface area contributed by atoms with E-state index in [0.717, 1.165) is 19.3 Å². The van der Waals surface area contributed by atoms with Crippen LogP contribution in [0.1, 0.15) is 131 Å². The lowest BCUT2D eigenvalue weighted by Crippen LogP contribution is -2.13. The highest BCUT2D eigenvalue weighted by Crippen LogP contribution is 2.16. The second-order valence-electron chi connectivity index (χ2n) is 7.91. The highest BCUT2D eigenvalue weighted by molar-refractivity contribution is 5.69. The van der Waals surface area contributed by atoms with Gasteiger partial charge in [-0.25, -0.2) is 0 Å². The van der Waals surface area contributed by atoms with Gasteiger partial charge in [-0.15, -0.1) is 0 Å². The Bertz CT molecular complexity index is 291. The standard InChI is InChI=1S/C12H24O2.C12H26O/c1-4-6-7-8-9-10-12(13)14-11(3)5-2;1-3-5-7-8-10-12(11-13)9-6-4-2/h11H,4-10H2,1-3H3;12-13H,3-11H2,1-2H3. The Balaban J connectivity index is 0. The van der Waals surface area contributed by atoms with Gasteiger partial charge >= 0.3 is 5.97 Å². The number of ether oxygens (including phenoxy) is 1. The van der Waals surface area contributed by atoms with E-state index in [-0.39, 0.29) is 12.1 Å². The molecule has 164 valence electrons. The van der Waals surface area contributed by atoms with Crippen LogP contribution < -0.4 is 0 Å². The monoisotopic (exact) mass is 386 g/mol. The van der Waals surface area contributed by atoms with Crippen molar-refractivity contribution in [3.63, 3.8) is 0 Å². The largest absolute Gasteiger partial charge is 0.463 e. The van der Waals surface area contributed by atoms with Crippen LogP contribution in [0.5, 0.6) is 0 Å². The van der Waals surface area contributed by atoms with E-state index < -0.39 is 0 Å². The number of rotatable bonds is 17. The van der Waals surface area contributed by atoms with Crippen LogP contribution in [0.2, 0.25) is 0 Å². The molecule has 0 aliphatic rings. The van der Waals surface area contributed by atoms with Crippen molar-refractivity contribution in [2.45, 2.75) is 137 Å². The van der Waals surface area contributed by atoms with E-state index in [0.29, 0.717) is 18.9 Å². The summed E-state index contributed by atoms with van der Waals surface area (Å²) in [4.78, 5) is 11.2. The number of hydrogen-bond donors (Lipinski definition) is 1. The lowest BCUT2D eigenvalue weighted by Gasteiger charge is -2.12.